The Morgan fingerprint density at radius 3 is 2.32 bits per heavy atom. The summed E-state index contributed by atoms with van der Waals surface area (Å²) in [5.41, 5.74) is 4.25. The van der Waals surface area contributed by atoms with Crippen LogP contribution >= 0.6 is 22.9 Å². The largest absolute Gasteiger partial charge is 0.496 e. The first-order valence-electron chi connectivity index (χ1n) is 12.1. The summed E-state index contributed by atoms with van der Waals surface area (Å²) in [7, 11) is 1.47. The molecular weight excluding hydrogens is 528 g/mol. The van der Waals surface area contributed by atoms with Gasteiger partial charge in [-0.3, -0.25) is 25.2 Å². The second-order valence-corrected chi connectivity index (χ2v) is 10.6. The number of carbonyl (C=O) groups excluding carboxylic acids is 3. The van der Waals surface area contributed by atoms with Gasteiger partial charge in [-0.1, -0.05) is 35.9 Å². The van der Waals surface area contributed by atoms with Gasteiger partial charge in [-0.2, -0.15) is 0 Å². The highest BCUT2D eigenvalue weighted by atomic mass is 35.5. The summed E-state index contributed by atoms with van der Waals surface area (Å²) < 4.78 is 11.1. The van der Waals surface area contributed by atoms with Crippen LogP contribution in [0.1, 0.15) is 58.5 Å². The Kier molecular flexibility index (Phi) is 8.53. The highest BCUT2D eigenvalue weighted by Gasteiger charge is 2.37. The van der Waals surface area contributed by atoms with E-state index in [0.29, 0.717) is 48.0 Å². The quantitative estimate of drug-likeness (QED) is 0.416. The van der Waals surface area contributed by atoms with Gasteiger partial charge in [0.2, 0.25) is 0 Å². The Morgan fingerprint density at radius 2 is 1.63 bits per heavy atom. The number of likely N-dealkylation sites (tertiary alicyclic amines) is 1. The number of thiazole rings is 1. The van der Waals surface area contributed by atoms with Crippen molar-refractivity contribution >= 4 is 40.7 Å². The third-order valence-corrected chi connectivity index (χ3v) is 7.56. The Hall–Kier alpha value is -3.63. The van der Waals surface area contributed by atoms with E-state index in [-0.39, 0.29) is 17.5 Å². The Morgan fingerprint density at radius 1 is 1.00 bits per heavy atom. The fourth-order valence-corrected chi connectivity index (χ4v) is 5.36. The molecule has 1 aliphatic heterocycles. The van der Waals surface area contributed by atoms with Gasteiger partial charge in [0, 0.05) is 24.4 Å². The average Bonchev–Trinajstić information content (AvgIpc) is 3.43. The van der Waals surface area contributed by atoms with Crippen LogP contribution in [-0.4, -0.2) is 53.4 Å². The minimum Gasteiger partial charge on any atom is -0.496 e. The molecule has 4 rings (SSSR count). The summed E-state index contributed by atoms with van der Waals surface area (Å²) in [6.45, 7) is 4.58. The maximum Gasteiger partial charge on any atom is 0.289 e. The molecule has 0 saturated carbocycles. The highest BCUT2D eigenvalue weighted by Crippen LogP contribution is 2.33. The van der Waals surface area contributed by atoms with Crippen LogP contribution in [0.25, 0.3) is 0 Å². The zero-order valence-electron chi connectivity index (χ0n) is 21.3. The summed E-state index contributed by atoms with van der Waals surface area (Å²) in [5, 5.41) is 2.94. The molecule has 0 atom stereocenters. The molecule has 3 aromatic rings. The first-order chi connectivity index (χ1) is 18.2. The van der Waals surface area contributed by atoms with Crippen LogP contribution in [0.2, 0.25) is 5.02 Å². The fourth-order valence-electron chi connectivity index (χ4n) is 4.21. The lowest BCUT2D eigenvalue weighted by Crippen LogP contribution is -2.51. The van der Waals surface area contributed by atoms with Crippen LogP contribution in [-0.2, 0) is 4.79 Å². The smallest absolute Gasteiger partial charge is 0.289 e. The summed E-state index contributed by atoms with van der Waals surface area (Å²) in [5.74, 6) is -0.122. The number of benzene rings is 2. The SMILES string of the molecule is COc1ccccc1C(=O)NNC(=O)c1csc(C2CCN(C(=O)C(C)(C)Oc3ccccc3Cl)CC2)n1. The van der Waals surface area contributed by atoms with Gasteiger partial charge in [0.25, 0.3) is 17.7 Å². The van der Waals surface area contributed by atoms with E-state index in [0.717, 1.165) is 5.01 Å². The standard InChI is InChI=1S/C27H29ClN4O5S/c1-27(2,37-22-11-7-5-9-19(22)28)26(35)32-14-12-17(13-15-32)25-29-20(16-38-25)24(34)31-30-23(33)18-8-4-6-10-21(18)36-3/h4-11,16-17H,12-15H2,1-3H3,(H,30,33)(H,31,34). The summed E-state index contributed by atoms with van der Waals surface area (Å²) in [6.07, 6.45) is 1.43. The monoisotopic (exact) mass is 556 g/mol. The van der Waals surface area contributed by atoms with Gasteiger partial charge >= 0.3 is 0 Å². The van der Waals surface area contributed by atoms with E-state index in [1.807, 2.05) is 6.07 Å². The first-order valence-corrected chi connectivity index (χ1v) is 13.4. The Bertz CT molecular complexity index is 1320. The molecule has 0 unspecified atom stereocenters. The zero-order chi connectivity index (χ0) is 27.3. The van der Waals surface area contributed by atoms with Crippen molar-refractivity contribution in [2.75, 3.05) is 20.2 Å². The van der Waals surface area contributed by atoms with E-state index in [1.54, 1.807) is 66.6 Å². The maximum atomic E-state index is 13.2. The second-order valence-electron chi connectivity index (χ2n) is 9.29. The number of carbonyl (C=O) groups is 3. The maximum absolute atomic E-state index is 13.2. The van der Waals surface area contributed by atoms with Crippen molar-refractivity contribution in [2.24, 2.45) is 0 Å². The minimum absolute atomic E-state index is 0.110. The normalized spacial score (nSPS) is 14.1. The number of nitrogens with zero attached hydrogens (tertiary/aromatic N) is 2. The number of nitrogens with one attached hydrogen (secondary N) is 2. The van der Waals surface area contributed by atoms with Crippen molar-refractivity contribution in [2.45, 2.75) is 38.2 Å². The van der Waals surface area contributed by atoms with Crippen LogP contribution < -0.4 is 20.3 Å². The first kappa shape index (κ1) is 27.4. The summed E-state index contributed by atoms with van der Waals surface area (Å²) >= 11 is 7.59. The number of methoxy groups -OCH3 is 1. The lowest BCUT2D eigenvalue weighted by atomic mass is 9.96. The van der Waals surface area contributed by atoms with Crippen molar-refractivity contribution in [1.29, 1.82) is 0 Å². The molecule has 1 aromatic heterocycles. The van der Waals surface area contributed by atoms with Gasteiger partial charge < -0.3 is 14.4 Å². The molecule has 0 bridgehead atoms. The van der Waals surface area contributed by atoms with Crippen molar-refractivity contribution < 1.29 is 23.9 Å². The third kappa shape index (κ3) is 6.25. The van der Waals surface area contributed by atoms with Crippen LogP contribution in [0.3, 0.4) is 0 Å². The number of hydrogen-bond acceptors (Lipinski definition) is 7. The molecule has 2 aromatic carbocycles. The Labute approximate surface area is 230 Å². The van der Waals surface area contributed by atoms with Crippen LogP contribution in [0.15, 0.2) is 53.9 Å². The van der Waals surface area contributed by atoms with E-state index < -0.39 is 17.4 Å². The number of hydrazine groups is 1. The van der Waals surface area contributed by atoms with E-state index in [4.69, 9.17) is 21.1 Å². The number of aromatic nitrogens is 1. The van der Waals surface area contributed by atoms with Crippen molar-refractivity contribution in [3.05, 3.63) is 75.2 Å². The number of amides is 3. The van der Waals surface area contributed by atoms with Gasteiger partial charge in [0.05, 0.1) is 22.7 Å². The van der Waals surface area contributed by atoms with Crippen LogP contribution in [0.5, 0.6) is 11.5 Å². The summed E-state index contributed by atoms with van der Waals surface area (Å²) in [6, 6.07) is 13.8. The number of rotatable bonds is 7. The topological polar surface area (TPSA) is 110 Å². The fraction of sp³-hybridized carbons (Fsp3) is 0.333. The van der Waals surface area contributed by atoms with E-state index in [2.05, 4.69) is 15.8 Å². The zero-order valence-corrected chi connectivity index (χ0v) is 22.9. The molecule has 0 spiro atoms. The molecule has 11 heteroatoms. The molecule has 1 fully saturated rings. The molecule has 0 radical (unpaired) electrons. The molecule has 38 heavy (non-hydrogen) atoms. The Balaban J connectivity index is 1.30. The van der Waals surface area contributed by atoms with Gasteiger partial charge in [0.1, 0.15) is 17.2 Å². The highest BCUT2D eigenvalue weighted by molar-refractivity contribution is 7.09. The molecular formula is C27H29ClN4O5S. The molecule has 1 saturated heterocycles. The third-order valence-electron chi connectivity index (χ3n) is 6.24. The van der Waals surface area contributed by atoms with Gasteiger partial charge in [0.15, 0.2) is 5.60 Å². The van der Waals surface area contributed by atoms with E-state index in [1.165, 1.54) is 18.4 Å². The number of halogens is 1. The van der Waals surface area contributed by atoms with E-state index in [9.17, 15) is 14.4 Å². The number of ether oxygens (including phenoxy) is 2. The van der Waals surface area contributed by atoms with Crippen molar-refractivity contribution in [3.63, 3.8) is 0 Å². The van der Waals surface area contributed by atoms with E-state index >= 15 is 0 Å². The second kappa shape index (κ2) is 11.8. The van der Waals surface area contributed by atoms with Gasteiger partial charge in [-0.25, -0.2) is 4.98 Å². The van der Waals surface area contributed by atoms with Gasteiger partial charge in [-0.05, 0) is 51.0 Å². The lowest BCUT2D eigenvalue weighted by Gasteiger charge is -2.36. The summed E-state index contributed by atoms with van der Waals surface area (Å²) in [4.78, 5) is 44.5. The predicted molar refractivity (Wildman–Crippen MR) is 145 cm³/mol. The molecule has 200 valence electrons. The van der Waals surface area contributed by atoms with Gasteiger partial charge in [-0.15, -0.1) is 11.3 Å². The van der Waals surface area contributed by atoms with Crippen LogP contribution in [0.4, 0.5) is 0 Å². The molecule has 1 aliphatic rings. The molecule has 3 amide bonds. The molecule has 2 heterocycles. The van der Waals surface area contributed by atoms with Crippen LogP contribution in [0, 0.1) is 0 Å². The predicted octanol–water partition coefficient (Wildman–Crippen LogP) is 4.44. The molecule has 9 nitrogen and oxygen atoms in total. The number of para-hydroxylation sites is 2. The molecule has 0 aliphatic carbocycles. The number of hydrogen-bond donors (Lipinski definition) is 2. The average molecular weight is 557 g/mol. The minimum atomic E-state index is -1.07. The van der Waals surface area contributed by atoms with Crippen molar-refractivity contribution in [3.8, 4) is 11.5 Å². The van der Waals surface area contributed by atoms with Crippen molar-refractivity contribution in [1.82, 2.24) is 20.7 Å². The lowest BCUT2D eigenvalue weighted by molar-refractivity contribution is -0.146. The molecule has 2 N–H and O–H groups in total. The number of piperidine rings is 1.